The lowest BCUT2D eigenvalue weighted by atomic mass is 10.2. The van der Waals surface area contributed by atoms with Crippen molar-refractivity contribution >= 4 is 22.9 Å². The number of rotatable bonds is 5. The van der Waals surface area contributed by atoms with Gasteiger partial charge in [-0.15, -0.1) is 11.3 Å². The molecule has 2 heterocycles. The average Bonchev–Trinajstić information content (AvgIpc) is 2.89. The third-order valence-electron chi connectivity index (χ3n) is 2.49. The summed E-state index contributed by atoms with van der Waals surface area (Å²) in [5, 5.41) is 4.19. The van der Waals surface area contributed by atoms with Crippen LogP contribution in [0.2, 0.25) is 4.34 Å². The second-order valence-corrected chi connectivity index (χ2v) is 5.60. The van der Waals surface area contributed by atoms with Gasteiger partial charge in [0.25, 0.3) is 0 Å². The molecule has 0 amide bonds. The molecule has 0 aliphatic heterocycles. The summed E-state index contributed by atoms with van der Waals surface area (Å²) < 4.78 is 2.68. The molecule has 0 saturated heterocycles. The lowest BCUT2D eigenvalue weighted by molar-refractivity contribution is 0.550. The van der Waals surface area contributed by atoms with Crippen LogP contribution in [0.4, 0.5) is 0 Å². The van der Waals surface area contributed by atoms with Gasteiger partial charge < -0.3 is 5.73 Å². The minimum atomic E-state index is -0.0627. The molecule has 2 aromatic rings. The molecule has 0 aliphatic rings. The molecule has 0 fully saturated rings. The summed E-state index contributed by atoms with van der Waals surface area (Å²) >= 11 is 7.42. The number of aryl methyl sites for hydroxylation is 1. The zero-order valence-electron chi connectivity index (χ0n) is 9.64. The summed E-state index contributed by atoms with van der Waals surface area (Å²) in [4.78, 5) is 5.33. The molecule has 4 nitrogen and oxygen atoms in total. The fourth-order valence-corrected chi connectivity index (χ4v) is 2.73. The summed E-state index contributed by atoms with van der Waals surface area (Å²) in [5.74, 6) is 0.934. The summed E-state index contributed by atoms with van der Waals surface area (Å²) in [7, 11) is 0. The van der Waals surface area contributed by atoms with Crippen LogP contribution in [0.15, 0.2) is 18.5 Å². The van der Waals surface area contributed by atoms with Gasteiger partial charge in [0, 0.05) is 23.9 Å². The zero-order chi connectivity index (χ0) is 12.3. The van der Waals surface area contributed by atoms with E-state index < -0.39 is 0 Å². The maximum Gasteiger partial charge on any atom is 0.138 e. The fourth-order valence-electron chi connectivity index (χ4n) is 1.67. The monoisotopic (exact) mass is 270 g/mol. The Bertz CT molecular complexity index is 479. The fraction of sp³-hybridized carbons (Fsp3) is 0.455. The minimum absolute atomic E-state index is 0.0627. The number of thiophene rings is 1. The van der Waals surface area contributed by atoms with Gasteiger partial charge in [-0.05, 0) is 18.6 Å². The number of hydrogen-bond acceptors (Lipinski definition) is 4. The zero-order valence-corrected chi connectivity index (χ0v) is 11.2. The average molecular weight is 271 g/mol. The quantitative estimate of drug-likeness (QED) is 0.909. The van der Waals surface area contributed by atoms with Crippen LogP contribution in [0.1, 0.15) is 30.1 Å². The molecule has 92 valence electrons. The number of hydrogen-bond donors (Lipinski definition) is 1. The highest BCUT2D eigenvalue weighted by Crippen LogP contribution is 2.27. The van der Waals surface area contributed by atoms with Crippen molar-refractivity contribution in [3.05, 3.63) is 33.5 Å². The molecule has 0 saturated carbocycles. The van der Waals surface area contributed by atoms with E-state index in [0.29, 0.717) is 6.42 Å². The Hall–Kier alpha value is -0.910. The van der Waals surface area contributed by atoms with Crippen LogP contribution >= 0.6 is 22.9 Å². The van der Waals surface area contributed by atoms with E-state index in [1.54, 1.807) is 6.33 Å². The Balaban J connectivity index is 2.07. The van der Waals surface area contributed by atoms with Gasteiger partial charge in [-0.2, -0.15) is 5.10 Å². The molecule has 0 bridgehead atoms. The van der Waals surface area contributed by atoms with Crippen LogP contribution in [0.25, 0.3) is 0 Å². The van der Waals surface area contributed by atoms with Gasteiger partial charge in [-0.25, -0.2) is 4.98 Å². The van der Waals surface area contributed by atoms with E-state index in [1.807, 2.05) is 16.8 Å². The first kappa shape index (κ1) is 12.5. The molecule has 0 spiro atoms. The number of nitrogens with two attached hydrogens (primary N) is 1. The number of halogens is 1. The van der Waals surface area contributed by atoms with Crippen LogP contribution in [0.5, 0.6) is 0 Å². The van der Waals surface area contributed by atoms with Crippen molar-refractivity contribution in [1.82, 2.24) is 14.8 Å². The molecular formula is C11H15ClN4S. The lowest BCUT2D eigenvalue weighted by Gasteiger charge is -2.09. The van der Waals surface area contributed by atoms with Crippen molar-refractivity contribution in [3.8, 4) is 0 Å². The molecular weight excluding hydrogens is 256 g/mol. The Kier molecular flexibility index (Phi) is 4.15. The van der Waals surface area contributed by atoms with Crippen molar-refractivity contribution in [2.45, 2.75) is 32.4 Å². The molecule has 2 aromatic heterocycles. The molecule has 0 aromatic carbocycles. The Morgan fingerprint density at radius 1 is 1.53 bits per heavy atom. The first-order chi connectivity index (χ1) is 8.20. The smallest absolute Gasteiger partial charge is 0.138 e. The molecule has 6 heteroatoms. The molecule has 0 aliphatic carbocycles. The van der Waals surface area contributed by atoms with Crippen LogP contribution in [-0.2, 0) is 13.0 Å². The third-order valence-corrected chi connectivity index (χ3v) is 3.86. The first-order valence-electron chi connectivity index (χ1n) is 5.58. The highest BCUT2D eigenvalue weighted by Gasteiger charge is 2.13. The van der Waals surface area contributed by atoms with E-state index in [0.717, 1.165) is 28.0 Å². The Morgan fingerprint density at radius 2 is 2.35 bits per heavy atom. The van der Waals surface area contributed by atoms with Crippen molar-refractivity contribution in [1.29, 1.82) is 0 Å². The minimum Gasteiger partial charge on any atom is -0.323 e. The van der Waals surface area contributed by atoms with Crippen LogP contribution < -0.4 is 5.73 Å². The van der Waals surface area contributed by atoms with E-state index in [4.69, 9.17) is 17.3 Å². The lowest BCUT2D eigenvalue weighted by Crippen LogP contribution is -2.16. The van der Waals surface area contributed by atoms with E-state index in [9.17, 15) is 0 Å². The summed E-state index contributed by atoms with van der Waals surface area (Å²) in [5.41, 5.74) is 6.14. The maximum atomic E-state index is 6.14. The third kappa shape index (κ3) is 3.06. The van der Waals surface area contributed by atoms with Gasteiger partial charge in [0.1, 0.15) is 12.2 Å². The van der Waals surface area contributed by atoms with E-state index >= 15 is 0 Å². The van der Waals surface area contributed by atoms with Gasteiger partial charge in [0.15, 0.2) is 0 Å². The molecule has 2 N–H and O–H groups in total. The van der Waals surface area contributed by atoms with Crippen molar-refractivity contribution in [3.63, 3.8) is 0 Å². The summed E-state index contributed by atoms with van der Waals surface area (Å²) in [6.07, 6.45) is 3.31. The normalized spacial score (nSPS) is 12.9. The van der Waals surface area contributed by atoms with E-state index in [2.05, 4.69) is 17.0 Å². The van der Waals surface area contributed by atoms with Gasteiger partial charge in [-0.1, -0.05) is 18.5 Å². The molecule has 1 atom stereocenters. The highest BCUT2D eigenvalue weighted by atomic mass is 35.5. The summed E-state index contributed by atoms with van der Waals surface area (Å²) in [6, 6.07) is 3.78. The standard InChI is InChI=1S/C11H15ClN4S/c1-2-5-16-11(14-7-15-16)6-8(13)9-3-4-10(12)17-9/h3-4,7-8H,2,5-6,13H2,1H3. The van der Waals surface area contributed by atoms with Crippen molar-refractivity contribution in [2.24, 2.45) is 5.73 Å². The molecule has 1 unspecified atom stereocenters. The van der Waals surface area contributed by atoms with E-state index in [1.165, 1.54) is 11.3 Å². The Labute approximate surface area is 109 Å². The van der Waals surface area contributed by atoms with Gasteiger partial charge in [-0.3, -0.25) is 4.68 Å². The Morgan fingerprint density at radius 3 is 3.00 bits per heavy atom. The number of aromatic nitrogens is 3. The molecule has 0 radical (unpaired) electrons. The maximum absolute atomic E-state index is 6.14. The largest absolute Gasteiger partial charge is 0.323 e. The van der Waals surface area contributed by atoms with Crippen LogP contribution in [0.3, 0.4) is 0 Å². The molecule has 17 heavy (non-hydrogen) atoms. The molecule has 2 rings (SSSR count). The first-order valence-corrected chi connectivity index (χ1v) is 6.77. The SMILES string of the molecule is CCCn1ncnc1CC(N)c1ccc(Cl)s1. The number of nitrogens with zero attached hydrogens (tertiary/aromatic N) is 3. The van der Waals surface area contributed by atoms with Crippen molar-refractivity contribution < 1.29 is 0 Å². The van der Waals surface area contributed by atoms with Crippen LogP contribution in [-0.4, -0.2) is 14.8 Å². The topological polar surface area (TPSA) is 56.7 Å². The van der Waals surface area contributed by atoms with Gasteiger partial charge in [0.05, 0.1) is 4.34 Å². The summed E-state index contributed by atoms with van der Waals surface area (Å²) in [6.45, 7) is 3.00. The van der Waals surface area contributed by atoms with Gasteiger partial charge >= 0.3 is 0 Å². The van der Waals surface area contributed by atoms with Crippen LogP contribution in [0, 0.1) is 0 Å². The highest BCUT2D eigenvalue weighted by molar-refractivity contribution is 7.16. The second kappa shape index (κ2) is 5.62. The second-order valence-electron chi connectivity index (χ2n) is 3.85. The van der Waals surface area contributed by atoms with E-state index in [-0.39, 0.29) is 6.04 Å². The van der Waals surface area contributed by atoms with Gasteiger partial charge in [0.2, 0.25) is 0 Å². The predicted molar refractivity (Wildman–Crippen MR) is 70.3 cm³/mol. The predicted octanol–water partition coefficient (Wildman–Crippen LogP) is 2.65. The van der Waals surface area contributed by atoms with Crippen molar-refractivity contribution in [2.75, 3.05) is 0 Å².